The molecule has 0 aliphatic rings. The molecule has 3 nitrogen and oxygen atoms in total. The molecule has 0 bridgehead atoms. The summed E-state index contributed by atoms with van der Waals surface area (Å²) >= 11 is 13.9. The predicted molar refractivity (Wildman–Crippen MR) is 127 cm³/mol. The van der Waals surface area contributed by atoms with Gasteiger partial charge in [0.2, 0.25) is 0 Å². The number of rotatable bonds is 7. The smallest absolute Gasteiger partial charge is 0.251 e. The molecule has 0 fully saturated rings. The molecule has 0 saturated heterocycles. The van der Waals surface area contributed by atoms with Crippen molar-refractivity contribution < 1.29 is 9.18 Å². The summed E-state index contributed by atoms with van der Waals surface area (Å²) in [6.07, 6.45) is 2.11. The summed E-state index contributed by atoms with van der Waals surface area (Å²) in [6, 6.07) is 19.4. The van der Waals surface area contributed by atoms with Gasteiger partial charge in [-0.15, -0.1) is 11.8 Å². The number of hydrogen-bond donors (Lipinski definition) is 1. The average molecular weight is 473 g/mol. The van der Waals surface area contributed by atoms with E-state index in [9.17, 15) is 9.18 Å². The predicted octanol–water partition coefficient (Wildman–Crippen LogP) is 6.81. The van der Waals surface area contributed by atoms with Crippen molar-refractivity contribution in [2.45, 2.75) is 17.2 Å². The monoisotopic (exact) mass is 472 g/mol. The fourth-order valence-corrected chi connectivity index (χ4v) is 4.65. The maximum absolute atomic E-state index is 13.0. The highest BCUT2D eigenvalue weighted by Gasteiger charge is 2.10. The van der Waals surface area contributed by atoms with E-state index >= 15 is 0 Å². The van der Waals surface area contributed by atoms with E-state index in [2.05, 4.69) is 28.2 Å². The standard InChI is InChI=1S/C24H19Cl2FN2OS/c25-20-10-5-16(13-21(20)26)15-31-23-14-29(22-4-2-1-3-19(22)23)12-11-28-24(30)17-6-8-18(27)9-7-17/h1-10,13-14H,11-12,15H2,(H,28,30). The number of amides is 1. The van der Waals surface area contributed by atoms with Gasteiger partial charge >= 0.3 is 0 Å². The first-order valence-electron chi connectivity index (χ1n) is 9.69. The molecule has 0 aliphatic heterocycles. The Balaban J connectivity index is 1.44. The van der Waals surface area contributed by atoms with E-state index in [0.29, 0.717) is 28.7 Å². The van der Waals surface area contributed by atoms with Gasteiger partial charge in [-0.05, 0) is 48.0 Å². The number of thioether (sulfide) groups is 1. The van der Waals surface area contributed by atoms with Gasteiger partial charge in [0, 0.05) is 46.4 Å². The van der Waals surface area contributed by atoms with Crippen molar-refractivity contribution in [2.24, 2.45) is 0 Å². The summed E-state index contributed by atoms with van der Waals surface area (Å²) in [5, 5.41) is 5.16. The van der Waals surface area contributed by atoms with Crippen LogP contribution in [-0.4, -0.2) is 17.0 Å². The zero-order valence-corrected chi connectivity index (χ0v) is 18.8. The quantitative estimate of drug-likeness (QED) is 0.299. The van der Waals surface area contributed by atoms with Crippen LogP contribution >= 0.6 is 35.0 Å². The number of fused-ring (bicyclic) bond motifs is 1. The average Bonchev–Trinajstić information content (AvgIpc) is 3.13. The third-order valence-electron chi connectivity index (χ3n) is 4.88. The van der Waals surface area contributed by atoms with Crippen LogP contribution in [0.15, 0.2) is 77.8 Å². The molecule has 0 spiro atoms. The van der Waals surface area contributed by atoms with Gasteiger partial charge in [-0.2, -0.15) is 0 Å². The van der Waals surface area contributed by atoms with Crippen molar-refractivity contribution >= 4 is 51.8 Å². The zero-order chi connectivity index (χ0) is 21.8. The Morgan fingerprint density at radius 1 is 1.00 bits per heavy atom. The maximum Gasteiger partial charge on any atom is 0.251 e. The topological polar surface area (TPSA) is 34.0 Å². The summed E-state index contributed by atoms with van der Waals surface area (Å²) in [4.78, 5) is 13.4. The van der Waals surface area contributed by atoms with Crippen LogP contribution in [0, 0.1) is 5.82 Å². The summed E-state index contributed by atoms with van der Waals surface area (Å²) in [7, 11) is 0. The first kappa shape index (κ1) is 21.8. The lowest BCUT2D eigenvalue weighted by Gasteiger charge is -2.07. The van der Waals surface area contributed by atoms with Gasteiger partial charge in [0.25, 0.3) is 5.91 Å². The Hall–Kier alpha value is -2.47. The van der Waals surface area contributed by atoms with E-state index in [1.165, 1.54) is 24.3 Å². The lowest BCUT2D eigenvalue weighted by Crippen LogP contribution is -2.27. The number of benzene rings is 3. The van der Waals surface area contributed by atoms with Crippen LogP contribution in [0.2, 0.25) is 10.0 Å². The van der Waals surface area contributed by atoms with Gasteiger partial charge in [0.1, 0.15) is 5.82 Å². The number of hydrogen-bond acceptors (Lipinski definition) is 2. The molecule has 4 rings (SSSR count). The second kappa shape index (κ2) is 9.77. The molecule has 1 N–H and O–H groups in total. The number of halogens is 3. The van der Waals surface area contributed by atoms with Crippen LogP contribution in [0.4, 0.5) is 4.39 Å². The molecule has 7 heteroatoms. The van der Waals surface area contributed by atoms with E-state index in [0.717, 1.165) is 27.1 Å². The fraction of sp³-hybridized carbons (Fsp3) is 0.125. The lowest BCUT2D eigenvalue weighted by atomic mass is 10.2. The Bertz CT molecular complexity index is 1220. The second-order valence-corrected chi connectivity index (χ2v) is 8.84. The number of carbonyl (C=O) groups is 1. The molecule has 0 radical (unpaired) electrons. The van der Waals surface area contributed by atoms with Gasteiger partial charge in [0.15, 0.2) is 0 Å². The Morgan fingerprint density at radius 2 is 1.77 bits per heavy atom. The van der Waals surface area contributed by atoms with E-state index in [1.807, 2.05) is 30.3 Å². The van der Waals surface area contributed by atoms with E-state index < -0.39 is 0 Å². The van der Waals surface area contributed by atoms with Crippen molar-refractivity contribution in [3.05, 3.63) is 99.9 Å². The maximum atomic E-state index is 13.0. The second-order valence-electron chi connectivity index (χ2n) is 7.00. The lowest BCUT2D eigenvalue weighted by molar-refractivity contribution is 0.0952. The fourth-order valence-electron chi connectivity index (χ4n) is 3.30. The molecule has 1 heterocycles. The van der Waals surface area contributed by atoms with Crippen LogP contribution in [0.25, 0.3) is 10.9 Å². The van der Waals surface area contributed by atoms with Crippen molar-refractivity contribution in [2.75, 3.05) is 6.54 Å². The minimum absolute atomic E-state index is 0.217. The SMILES string of the molecule is O=C(NCCn1cc(SCc2ccc(Cl)c(Cl)c2)c2ccccc21)c1ccc(F)cc1. The Kier molecular flexibility index (Phi) is 6.86. The third-order valence-corrected chi connectivity index (χ3v) is 6.73. The molecule has 31 heavy (non-hydrogen) atoms. The van der Waals surface area contributed by atoms with Gasteiger partial charge in [-0.25, -0.2) is 4.39 Å². The van der Waals surface area contributed by atoms with Crippen molar-refractivity contribution in [3.8, 4) is 0 Å². The summed E-state index contributed by atoms with van der Waals surface area (Å²) in [5.74, 6) is 0.193. The number of aromatic nitrogens is 1. The molecular weight excluding hydrogens is 454 g/mol. The highest BCUT2D eigenvalue weighted by Crippen LogP contribution is 2.33. The Morgan fingerprint density at radius 3 is 2.55 bits per heavy atom. The first-order valence-corrected chi connectivity index (χ1v) is 11.4. The van der Waals surface area contributed by atoms with E-state index in [-0.39, 0.29) is 11.7 Å². The molecule has 4 aromatic rings. The number of para-hydroxylation sites is 1. The van der Waals surface area contributed by atoms with Crippen molar-refractivity contribution in [1.82, 2.24) is 9.88 Å². The molecule has 0 aliphatic carbocycles. The molecule has 1 aromatic heterocycles. The molecular formula is C24H19Cl2FN2OS. The van der Waals surface area contributed by atoms with Crippen LogP contribution in [0.3, 0.4) is 0 Å². The van der Waals surface area contributed by atoms with Gasteiger partial charge in [0.05, 0.1) is 10.0 Å². The summed E-state index contributed by atoms with van der Waals surface area (Å²) in [6.45, 7) is 1.09. The molecule has 0 atom stereocenters. The van der Waals surface area contributed by atoms with Crippen LogP contribution in [0.1, 0.15) is 15.9 Å². The molecule has 0 saturated carbocycles. The summed E-state index contributed by atoms with van der Waals surface area (Å²) in [5.41, 5.74) is 2.65. The van der Waals surface area contributed by atoms with Gasteiger partial charge in [-0.1, -0.05) is 47.5 Å². The largest absolute Gasteiger partial charge is 0.350 e. The molecule has 1 amide bonds. The van der Waals surface area contributed by atoms with Crippen molar-refractivity contribution in [3.63, 3.8) is 0 Å². The molecule has 0 unspecified atom stereocenters. The molecule has 158 valence electrons. The minimum atomic E-state index is -0.360. The summed E-state index contributed by atoms with van der Waals surface area (Å²) < 4.78 is 15.2. The van der Waals surface area contributed by atoms with E-state index in [4.69, 9.17) is 23.2 Å². The van der Waals surface area contributed by atoms with Crippen LogP contribution in [-0.2, 0) is 12.3 Å². The normalized spacial score (nSPS) is 11.1. The van der Waals surface area contributed by atoms with Gasteiger partial charge in [-0.3, -0.25) is 4.79 Å². The minimum Gasteiger partial charge on any atom is -0.350 e. The van der Waals surface area contributed by atoms with Crippen LogP contribution in [0.5, 0.6) is 0 Å². The third kappa shape index (κ3) is 5.24. The highest BCUT2D eigenvalue weighted by atomic mass is 35.5. The van der Waals surface area contributed by atoms with Gasteiger partial charge < -0.3 is 9.88 Å². The Labute approximate surface area is 194 Å². The van der Waals surface area contributed by atoms with Crippen molar-refractivity contribution in [1.29, 1.82) is 0 Å². The number of nitrogens with zero attached hydrogens (tertiary/aromatic N) is 1. The zero-order valence-electron chi connectivity index (χ0n) is 16.4. The van der Waals surface area contributed by atoms with E-state index in [1.54, 1.807) is 11.8 Å². The highest BCUT2D eigenvalue weighted by molar-refractivity contribution is 7.98. The first-order chi connectivity index (χ1) is 15.0. The number of nitrogens with one attached hydrogen (secondary N) is 1. The molecule has 3 aromatic carbocycles. The van der Waals surface area contributed by atoms with Crippen LogP contribution < -0.4 is 5.32 Å². The number of carbonyl (C=O) groups excluding carboxylic acids is 1.